The van der Waals surface area contributed by atoms with E-state index in [1.54, 1.807) is 7.11 Å². The number of nitrogens with zero attached hydrogens (tertiary/aromatic N) is 2. The van der Waals surface area contributed by atoms with Crippen LogP contribution < -0.4 is 10.5 Å². The first kappa shape index (κ1) is 13.8. The molecule has 7 heteroatoms. The zero-order valence-electron chi connectivity index (χ0n) is 9.59. The Hall–Kier alpha value is -1.31. The first-order valence-corrected chi connectivity index (χ1v) is 5.47. The number of ether oxygens (including phenoxy) is 3. The Morgan fingerprint density at radius 1 is 1.24 bits per heavy atom. The van der Waals surface area contributed by atoms with E-state index in [0.29, 0.717) is 38.0 Å². The highest BCUT2D eigenvalue weighted by Crippen LogP contribution is 2.10. The van der Waals surface area contributed by atoms with Gasteiger partial charge in [0.1, 0.15) is 11.6 Å². The van der Waals surface area contributed by atoms with Crippen LogP contribution in [-0.4, -0.2) is 48.5 Å². The summed E-state index contributed by atoms with van der Waals surface area (Å²) in [5, 5.41) is 0. The molecule has 0 bridgehead atoms. The highest BCUT2D eigenvalue weighted by atomic mass is 32.1. The molecule has 0 amide bonds. The molecule has 0 saturated heterocycles. The van der Waals surface area contributed by atoms with Crippen molar-refractivity contribution in [3.05, 3.63) is 18.1 Å². The average Bonchev–Trinajstić information content (AvgIpc) is 2.34. The topological polar surface area (TPSA) is 79.5 Å². The van der Waals surface area contributed by atoms with Crippen molar-refractivity contribution in [2.45, 2.75) is 0 Å². The molecule has 1 heterocycles. The van der Waals surface area contributed by atoms with E-state index in [0.717, 1.165) is 0 Å². The average molecular weight is 257 g/mol. The normalized spacial score (nSPS) is 10.2. The Morgan fingerprint density at radius 2 is 1.94 bits per heavy atom. The van der Waals surface area contributed by atoms with Gasteiger partial charge < -0.3 is 19.9 Å². The summed E-state index contributed by atoms with van der Waals surface area (Å²) in [6, 6.07) is 0. The standard InChI is InChI=1S/C10H15N3O3S/c1-14-4-5-15-6-7-16-10-8(9(11)17)12-2-3-13-10/h2-3H,4-7H2,1H3,(H2,11,17). The smallest absolute Gasteiger partial charge is 0.243 e. The van der Waals surface area contributed by atoms with Crippen LogP contribution in [0.4, 0.5) is 0 Å². The van der Waals surface area contributed by atoms with Gasteiger partial charge in [-0.05, 0) is 0 Å². The molecule has 1 aromatic heterocycles. The SMILES string of the molecule is COCCOCCOc1nccnc1C(N)=S. The molecule has 0 aliphatic heterocycles. The first-order chi connectivity index (χ1) is 8.25. The van der Waals surface area contributed by atoms with Gasteiger partial charge in [0.2, 0.25) is 5.88 Å². The summed E-state index contributed by atoms with van der Waals surface area (Å²) in [5.41, 5.74) is 5.87. The van der Waals surface area contributed by atoms with Crippen molar-refractivity contribution < 1.29 is 14.2 Å². The second-order valence-corrected chi connectivity index (χ2v) is 3.47. The predicted molar refractivity (Wildman–Crippen MR) is 66.1 cm³/mol. The Bertz CT molecular complexity index is 362. The first-order valence-electron chi connectivity index (χ1n) is 5.06. The van der Waals surface area contributed by atoms with Crippen molar-refractivity contribution in [2.24, 2.45) is 5.73 Å². The highest BCUT2D eigenvalue weighted by Gasteiger charge is 2.08. The van der Waals surface area contributed by atoms with Gasteiger partial charge in [0.15, 0.2) is 5.69 Å². The van der Waals surface area contributed by atoms with Crippen LogP contribution in [0.25, 0.3) is 0 Å². The summed E-state index contributed by atoms with van der Waals surface area (Å²) in [4.78, 5) is 8.15. The van der Waals surface area contributed by atoms with Crippen molar-refractivity contribution >= 4 is 17.2 Å². The summed E-state index contributed by atoms with van der Waals surface area (Å²) < 4.78 is 15.4. The van der Waals surface area contributed by atoms with E-state index < -0.39 is 0 Å². The molecule has 0 aliphatic rings. The molecule has 0 atom stereocenters. The molecule has 1 aromatic rings. The lowest BCUT2D eigenvalue weighted by Crippen LogP contribution is -2.16. The van der Waals surface area contributed by atoms with Crippen molar-refractivity contribution in [1.29, 1.82) is 0 Å². The van der Waals surface area contributed by atoms with Gasteiger partial charge >= 0.3 is 0 Å². The van der Waals surface area contributed by atoms with Crippen LogP contribution in [0.1, 0.15) is 5.69 Å². The van der Waals surface area contributed by atoms with E-state index in [9.17, 15) is 0 Å². The van der Waals surface area contributed by atoms with Crippen LogP contribution in [0.2, 0.25) is 0 Å². The Labute approximate surface area is 105 Å². The highest BCUT2D eigenvalue weighted by molar-refractivity contribution is 7.80. The molecule has 2 N–H and O–H groups in total. The number of thiocarbonyl (C=S) groups is 1. The molecule has 6 nitrogen and oxygen atoms in total. The molecule has 0 aliphatic carbocycles. The zero-order valence-corrected chi connectivity index (χ0v) is 10.4. The van der Waals surface area contributed by atoms with Gasteiger partial charge in [-0.2, -0.15) is 0 Å². The molecular weight excluding hydrogens is 242 g/mol. The minimum Gasteiger partial charge on any atom is -0.474 e. The third kappa shape index (κ3) is 5.03. The Morgan fingerprint density at radius 3 is 2.65 bits per heavy atom. The summed E-state index contributed by atoms with van der Waals surface area (Å²) in [7, 11) is 1.62. The van der Waals surface area contributed by atoms with Gasteiger partial charge in [0.05, 0.1) is 19.8 Å². The second kappa shape index (κ2) is 7.88. The van der Waals surface area contributed by atoms with Gasteiger partial charge in [0, 0.05) is 19.5 Å². The third-order valence-electron chi connectivity index (χ3n) is 1.80. The van der Waals surface area contributed by atoms with Gasteiger partial charge in [-0.15, -0.1) is 0 Å². The Kier molecular flexibility index (Phi) is 6.38. The van der Waals surface area contributed by atoms with Crippen LogP contribution in [0.3, 0.4) is 0 Å². The molecule has 17 heavy (non-hydrogen) atoms. The van der Waals surface area contributed by atoms with E-state index in [4.69, 9.17) is 32.2 Å². The van der Waals surface area contributed by atoms with Crippen molar-refractivity contribution in [3.63, 3.8) is 0 Å². The minimum absolute atomic E-state index is 0.161. The largest absolute Gasteiger partial charge is 0.474 e. The number of hydrogen-bond acceptors (Lipinski definition) is 6. The quantitative estimate of drug-likeness (QED) is 0.524. The van der Waals surface area contributed by atoms with Crippen LogP contribution >= 0.6 is 12.2 Å². The maximum absolute atomic E-state index is 5.49. The van der Waals surface area contributed by atoms with Crippen molar-refractivity contribution in [2.75, 3.05) is 33.5 Å². The fraction of sp³-hybridized carbons (Fsp3) is 0.500. The number of aromatic nitrogens is 2. The van der Waals surface area contributed by atoms with E-state index in [-0.39, 0.29) is 4.99 Å². The van der Waals surface area contributed by atoms with E-state index in [2.05, 4.69) is 9.97 Å². The monoisotopic (exact) mass is 257 g/mol. The number of nitrogens with two attached hydrogens (primary N) is 1. The number of rotatable bonds is 8. The third-order valence-corrected chi connectivity index (χ3v) is 1.99. The van der Waals surface area contributed by atoms with Crippen LogP contribution in [0.15, 0.2) is 12.4 Å². The minimum atomic E-state index is 0.161. The van der Waals surface area contributed by atoms with Gasteiger partial charge in [-0.25, -0.2) is 9.97 Å². The second-order valence-electron chi connectivity index (χ2n) is 3.03. The molecule has 0 spiro atoms. The predicted octanol–water partition coefficient (Wildman–Crippen LogP) is 0.153. The molecule has 94 valence electrons. The van der Waals surface area contributed by atoms with E-state index >= 15 is 0 Å². The van der Waals surface area contributed by atoms with Crippen LogP contribution in [0.5, 0.6) is 5.88 Å². The van der Waals surface area contributed by atoms with Gasteiger partial charge in [0.25, 0.3) is 0 Å². The lowest BCUT2D eigenvalue weighted by atomic mass is 10.4. The summed E-state index contributed by atoms with van der Waals surface area (Å²) in [6.07, 6.45) is 3.03. The van der Waals surface area contributed by atoms with Crippen LogP contribution in [-0.2, 0) is 9.47 Å². The fourth-order valence-electron chi connectivity index (χ4n) is 1.04. The number of methoxy groups -OCH3 is 1. The van der Waals surface area contributed by atoms with E-state index in [1.165, 1.54) is 12.4 Å². The summed E-state index contributed by atoms with van der Waals surface area (Å²) >= 11 is 4.83. The Balaban J connectivity index is 2.34. The maximum Gasteiger partial charge on any atom is 0.243 e. The van der Waals surface area contributed by atoms with E-state index in [1.807, 2.05) is 0 Å². The number of hydrogen-bond donors (Lipinski definition) is 1. The molecule has 0 saturated carbocycles. The fourth-order valence-corrected chi connectivity index (χ4v) is 1.18. The lowest BCUT2D eigenvalue weighted by Gasteiger charge is -2.08. The van der Waals surface area contributed by atoms with Crippen LogP contribution in [0, 0.1) is 0 Å². The lowest BCUT2D eigenvalue weighted by molar-refractivity contribution is 0.0536. The maximum atomic E-state index is 5.49. The molecule has 0 fully saturated rings. The molecule has 0 radical (unpaired) electrons. The summed E-state index contributed by atoms with van der Waals surface area (Å²) in [6.45, 7) is 1.89. The summed E-state index contributed by atoms with van der Waals surface area (Å²) in [5.74, 6) is 0.329. The molecule has 0 aromatic carbocycles. The van der Waals surface area contributed by atoms with Crippen molar-refractivity contribution in [1.82, 2.24) is 9.97 Å². The molecule has 0 unspecified atom stereocenters. The van der Waals surface area contributed by atoms with Gasteiger partial charge in [-0.3, -0.25) is 0 Å². The zero-order chi connectivity index (χ0) is 12.5. The molecular formula is C10H15N3O3S. The van der Waals surface area contributed by atoms with Crippen molar-refractivity contribution in [3.8, 4) is 5.88 Å². The van der Waals surface area contributed by atoms with Gasteiger partial charge in [-0.1, -0.05) is 12.2 Å². The molecule has 1 rings (SSSR count).